The van der Waals surface area contributed by atoms with Crippen molar-refractivity contribution >= 4 is 22.2 Å². The molecule has 4 nitrogen and oxygen atoms in total. The molecule has 0 atom stereocenters. The highest BCUT2D eigenvalue weighted by Gasteiger charge is 2.65. The normalized spacial score (nSPS) is 15.5. The lowest BCUT2D eigenvalue weighted by molar-refractivity contribution is -0.153. The van der Waals surface area contributed by atoms with Gasteiger partial charge in [-0.3, -0.25) is 4.79 Å². The van der Waals surface area contributed by atoms with Gasteiger partial charge in [0, 0.05) is 0 Å². The van der Waals surface area contributed by atoms with Crippen LogP contribution in [0.4, 0.5) is 19.4 Å². The van der Waals surface area contributed by atoms with Gasteiger partial charge in [-0.1, -0.05) is 19.4 Å². The predicted molar refractivity (Wildman–Crippen MR) is 74.3 cm³/mol. The summed E-state index contributed by atoms with van der Waals surface area (Å²) in [6, 6.07) is 0.639. The zero-order valence-electron chi connectivity index (χ0n) is 12.4. The number of esters is 1. The average molecular weight is 362 g/mol. The third kappa shape index (κ3) is 6.05. The van der Waals surface area contributed by atoms with Crippen molar-refractivity contribution in [1.82, 2.24) is 0 Å². The van der Waals surface area contributed by atoms with Crippen LogP contribution in [0.15, 0.2) is 23.1 Å². The highest BCUT2D eigenvalue weighted by atomic mass is 32.5. The molecule has 1 rings (SSSR count). The Hall–Kier alpha value is -1.84. The summed E-state index contributed by atoms with van der Waals surface area (Å²) in [5.74, 6) is -2.78. The Morgan fingerprint density at radius 1 is 1.09 bits per heavy atom. The summed E-state index contributed by atoms with van der Waals surface area (Å²) in [5, 5.41) is 8.77. The van der Waals surface area contributed by atoms with Crippen LogP contribution in [0.5, 0.6) is 0 Å². The van der Waals surface area contributed by atoms with Crippen molar-refractivity contribution in [3.05, 3.63) is 29.3 Å². The zero-order chi connectivity index (χ0) is 18.3. The first-order valence-electron chi connectivity index (χ1n) is 6.20. The van der Waals surface area contributed by atoms with E-state index in [0.717, 1.165) is 6.07 Å². The maximum atomic E-state index is 12.9. The zero-order valence-corrected chi connectivity index (χ0v) is 13.2. The number of carboxylic acids is 1. The Bertz CT molecular complexity index is 661. The fourth-order valence-electron chi connectivity index (χ4n) is 1.65. The molecular formula is C13H15F5O4S. The molecule has 1 aromatic carbocycles. The van der Waals surface area contributed by atoms with E-state index >= 15 is 0 Å². The van der Waals surface area contributed by atoms with Crippen LogP contribution < -0.4 is 0 Å². The molecule has 0 saturated carbocycles. The fraction of sp³-hybridized carbons (Fsp3) is 0.385. The Labute approximate surface area is 129 Å². The molecular weight excluding hydrogens is 347 g/mol. The van der Waals surface area contributed by atoms with E-state index in [1.165, 1.54) is 20.8 Å². The van der Waals surface area contributed by atoms with Crippen LogP contribution in [0.1, 0.15) is 36.7 Å². The van der Waals surface area contributed by atoms with Gasteiger partial charge in [0.1, 0.15) is 10.5 Å². The smallest absolute Gasteiger partial charge is 0.335 e. The molecule has 0 aliphatic heterocycles. The quantitative estimate of drug-likeness (QED) is 0.610. The van der Waals surface area contributed by atoms with E-state index in [2.05, 4.69) is 0 Å². The second kappa shape index (κ2) is 4.83. The van der Waals surface area contributed by atoms with Gasteiger partial charge in [-0.25, -0.2) is 4.79 Å². The van der Waals surface area contributed by atoms with E-state index in [4.69, 9.17) is 9.84 Å². The molecule has 1 N–H and O–H groups in total. The molecule has 0 saturated heterocycles. The highest BCUT2D eigenvalue weighted by Crippen LogP contribution is 3.02. The summed E-state index contributed by atoms with van der Waals surface area (Å²) in [5.41, 5.74) is -2.44. The molecule has 0 aromatic heterocycles. The molecule has 0 aliphatic carbocycles. The summed E-state index contributed by atoms with van der Waals surface area (Å²) in [7, 11) is -10.1. The van der Waals surface area contributed by atoms with Gasteiger partial charge >= 0.3 is 22.2 Å². The molecule has 0 aliphatic rings. The Kier molecular flexibility index (Phi) is 4.03. The number of hydrogen-bond donors (Lipinski definition) is 1. The summed E-state index contributed by atoms with van der Waals surface area (Å²) in [6.45, 7) is 4.54. The van der Waals surface area contributed by atoms with Crippen molar-refractivity contribution in [2.45, 2.75) is 37.7 Å². The fourth-order valence-corrected chi connectivity index (χ4v) is 2.38. The lowest BCUT2D eigenvalue weighted by atomic mass is 10.1. The van der Waals surface area contributed by atoms with Crippen molar-refractivity contribution in [1.29, 1.82) is 0 Å². The first kappa shape index (κ1) is 19.2. The van der Waals surface area contributed by atoms with Crippen LogP contribution in [-0.2, 0) is 16.0 Å². The minimum absolute atomic E-state index is 0.0674. The van der Waals surface area contributed by atoms with E-state index in [1.807, 2.05) is 0 Å². The van der Waals surface area contributed by atoms with Crippen LogP contribution in [0.3, 0.4) is 0 Å². The number of rotatable bonds is 4. The first-order valence-corrected chi connectivity index (χ1v) is 8.16. The number of benzene rings is 1. The van der Waals surface area contributed by atoms with Crippen molar-refractivity contribution in [3.63, 3.8) is 0 Å². The number of halogens is 5. The van der Waals surface area contributed by atoms with Crippen LogP contribution in [-0.4, -0.2) is 22.6 Å². The third-order valence-corrected chi connectivity index (χ3v) is 3.55. The average Bonchev–Trinajstić information content (AvgIpc) is 2.22. The lowest BCUT2D eigenvalue weighted by Crippen LogP contribution is -2.25. The molecule has 0 amide bonds. The highest BCUT2D eigenvalue weighted by molar-refractivity contribution is 8.45. The Morgan fingerprint density at radius 2 is 1.61 bits per heavy atom. The van der Waals surface area contributed by atoms with Gasteiger partial charge in [0.15, 0.2) is 0 Å². The molecule has 10 heteroatoms. The van der Waals surface area contributed by atoms with Crippen molar-refractivity contribution < 1.29 is 38.9 Å². The summed E-state index contributed by atoms with van der Waals surface area (Å²) in [6.07, 6.45) is -0.765. The van der Waals surface area contributed by atoms with Crippen molar-refractivity contribution in [2.75, 3.05) is 0 Å². The third-order valence-electron chi connectivity index (χ3n) is 2.43. The van der Waals surface area contributed by atoms with E-state index in [-0.39, 0.29) is 12.1 Å². The molecule has 0 unspecified atom stereocenters. The monoisotopic (exact) mass is 362 g/mol. The van der Waals surface area contributed by atoms with Gasteiger partial charge in [-0.2, -0.15) is 0 Å². The van der Waals surface area contributed by atoms with Crippen molar-refractivity contribution in [2.24, 2.45) is 0 Å². The molecule has 1 aromatic rings. The van der Waals surface area contributed by atoms with Gasteiger partial charge < -0.3 is 9.84 Å². The van der Waals surface area contributed by atoms with E-state index in [0.29, 0.717) is 0 Å². The second-order valence-electron chi connectivity index (χ2n) is 5.90. The minimum Gasteiger partial charge on any atom is -0.478 e. The number of carbonyl (C=O) groups is 2. The van der Waals surface area contributed by atoms with Gasteiger partial charge in [-0.05, 0) is 44.5 Å². The van der Waals surface area contributed by atoms with E-state index in [1.54, 1.807) is 0 Å². The van der Waals surface area contributed by atoms with Gasteiger partial charge in [0.2, 0.25) is 0 Å². The van der Waals surface area contributed by atoms with Gasteiger partial charge in [0.25, 0.3) is 0 Å². The maximum Gasteiger partial charge on any atom is 0.335 e. The standard InChI is InChI=1S/C13H15F5O4S/c1-13(2,3)22-11(19)6-8-4-9(12(20)21)7-10(5-8)23(14,15,16,17)18/h4-5,7H,6H2,1-3H3,(H,20,21). The van der Waals surface area contributed by atoms with E-state index in [9.17, 15) is 29.0 Å². The molecule has 132 valence electrons. The number of carboxylic acid groups (broad SMARTS) is 1. The van der Waals surface area contributed by atoms with Crippen LogP contribution in [0.25, 0.3) is 0 Å². The summed E-state index contributed by atoms with van der Waals surface area (Å²) < 4.78 is 69.2. The minimum atomic E-state index is -10.1. The summed E-state index contributed by atoms with van der Waals surface area (Å²) >= 11 is 0. The Balaban J connectivity index is 3.33. The maximum absolute atomic E-state index is 12.9. The topological polar surface area (TPSA) is 63.6 Å². The van der Waals surface area contributed by atoms with Crippen LogP contribution in [0, 0.1) is 0 Å². The Morgan fingerprint density at radius 3 is 2.00 bits per heavy atom. The SMILES string of the molecule is CC(C)(C)OC(=O)Cc1cc(C(=O)O)cc(S(F)(F)(F)(F)F)c1. The first-order chi connectivity index (χ1) is 9.87. The van der Waals surface area contributed by atoms with Crippen LogP contribution >= 0.6 is 10.2 Å². The molecule has 0 heterocycles. The number of carbonyl (C=O) groups excluding carboxylic acids is 1. The van der Waals surface area contributed by atoms with Crippen molar-refractivity contribution in [3.8, 4) is 0 Å². The van der Waals surface area contributed by atoms with Gasteiger partial charge in [-0.15, -0.1) is 0 Å². The number of ether oxygens (including phenoxy) is 1. The molecule has 0 fully saturated rings. The lowest BCUT2D eigenvalue weighted by Gasteiger charge is -2.40. The summed E-state index contributed by atoms with van der Waals surface area (Å²) in [4.78, 5) is 20.1. The number of aromatic carboxylic acids is 1. The van der Waals surface area contributed by atoms with Gasteiger partial charge in [0.05, 0.1) is 12.0 Å². The van der Waals surface area contributed by atoms with Crippen LogP contribution in [0.2, 0.25) is 0 Å². The molecule has 23 heavy (non-hydrogen) atoms. The molecule has 0 radical (unpaired) electrons. The number of hydrogen-bond acceptors (Lipinski definition) is 3. The largest absolute Gasteiger partial charge is 0.478 e. The molecule has 0 bridgehead atoms. The second-order valence-corrected chi connectivity index (χ2v) is 8.31. The molecule has 0 spiro atoms. The predicted octanol–water partition coefficient (Wildman–Crippen LogP) is 4.93. The van der Waals surface area contributed by atoms with E-state index < -0.39 is 50.2 Å².